The molecule has 0 amide bonds. The standard InChI is InChI=1S/C15H23ClN2S/c1-4-11(5-2)10-18(6-3)14-8-7-12(15(17)19)9-13(14)16/h7-9,11H,4-6,10H2,1-3H3,(H2,17,19). The molecule has 4 heteroatoms. The summed E-state index contributed by atoms with van der Waals surface area (Å²) in [6, 6.07) is 5.82. The molecule has 2 nitrogen and oxygen atoms in total. The van der Waals surface area contributed by atoms with Crippen LogP contribution in [-0.4, -0.2) is 18.1 Å². The second-order valence-electron chi connectivity index (χ2n) is 4.75. The van der Waals surface area contributed by atoms with Crippen molar-refractivity contribution in [2.24, 2.45) is 11.7 Å². The number of halogens is 1. The van der Waals surface area contributed by atoms with Crippen molar-refractivity contribution in [2.45, 2.75) is 33.6 Å². The van der Waals surface area contributed by atoms with Gasteiger partial charge in [-0.3, -0.25) is 0 Å². The lowest BCUT2D eigenvalue weighted by atomic mass is 10.0. The lowest BCUT2D eigenvalue weighted by Gasteiger charge is -2.28. The van der Waals surface area contributed by atoms with E-state index in [1.54, 1.807) is 0 Å². The number of hydrogen-bond acceptors (Lipinski definition) is 2. The minimum Gasteiger partial charge on any atom is -0.389 e. The minimum absolute atomic E-state index is 0.386. The van der Waals surface area contributed by atoms with Crippen LogP contribution in [0.2, 0.25) is 5.02 Å². The number of thiocarbonyl (C=S) groups is 1. The SMILES string of the molecule is CCC(CC)CN(CC)c1ccc(C(N)=S)cc1Cl. The average Bonchev–Trinajstić information content (AvgIpc) is 2.41. The molecule has 106 valence electrons. The van der Waals surface area contributed by atoms with Crippen LogP contribution in [0.25, 0.3) is 0 Å². The number of hydrogen-bond donors (Lipinski definition) is 1. The Morgan fingerprint density at radius 1 is 1.32 bits per heavy atom. The van der Waals surface area contributed by atoms with E-state index in [9.17, 15) is 0 Å². The second kappa shape index (κ2) is 7.71. The van der Waals surface area contributed by atoms with E-state index in [4.69, 9.17) is 29.6 Å². The van der Waals surface area contributed by atoms with E-state index in [0.29, 0.717) is 10.9 Å². The van der Waals surface area contributed by atoms with Gasteiger partial charge in [0.25, 0.3) is 0 Å². The fourth-order valence-electron chi connectivity index (χ4n) is 2.17. The second-order valence-corrected chi connectivity index (χ2v) is 5.60. The summed E-state index contributed by atoms with van der Waals surface area (Å²) < 4.78 is 0. The zero-order valence-corrected chi connectivity index (χ0v) is 13.5. The smallest absolute Gasteiger partial charge is 0.104 e. The zero-order chi connectivity index (χ0) is 14.4. The predicted molar refractivity (Wildman–Crippen MR) is 89.3 cm³/mol. The lowest BCUT2D eigenvalue weighted by Crippen LogP contribution is -2.29. The molecule has 0 aliphatic heterocycles. The van der Waals surface area contributed by atoms with Crippen LogP contribution in [-0.2, 0) is 0 Å². The van der Waals surface area contributed by atoms with E-state index in [-0.39, 0.29) is 0 Å². The minimum atomic E-state index is 0.386. The first-order chi connectivity index (χ1) is 9.03. The summed E-state index contributed by atoms with van der Waals surface area (Å²) in [5.41, 5.74) is 7.51. The Labute approximate surface area is 126 Å². The summed E-state index contributed by atoms with van der Waals surface area (Å²) >= 11 is 11.3. The highest BCUT2D eigenvalue weighted by molar-refractivity contribution is 7.80. The number of rotatable bonds is 7. The Bertz CT molecular complexity index is 430. The highest BCUT2D eigenvalue weighted by atomic mass is 35.5. The maximum absolute atomic E-state index is 6.36. The van der Waals surface area contributed by atoms with Gasteiger partial charge in [-0.15, -0.1) is 0 Å². The summed E-state index contributed by atoms with van der Waals surface area (Å²) in [5.74, 6) is 0.700. The Hall–Kier alpha value is -0.800. The summed E-state index contributed by atoms with van der Waals surface area (Å²) in [6.07, 6.45) is 2.38. The van der Waals surface area contributed by atoms with Gasteiger partial charge in [-0.25, -0.2) is 0 Å². The summed E-state index contributed by atoms with van der Waals surface area (Å²) in [6.45, 7) is 8.61. The fourth-order valence-corrected chi connectivity index (χ4v) is 2.60. The average molecular weight is 299 g/mol. The van der Waals surface area contributed by atoms with Gasteiger partial charge < -0.3 is 10.6 Å². The third-order valence-electron chi connectivity index (χ3n) is 3.59. The molecule has 0 radical (unpaired) electrons. The lowest BCUT2D eigenvalue weighted by molar-refractivity contribution is 0.486. The Balaban J connectivity index is 2.95. The molecule has 0 atom stereocenters. The van der Waals surface area contributed by atoms with E-state index < -0.39 is 0 Å². The van der Waals surface area contributed by atoms with Gasteiger partial charge in [0.1, 0.15) is 4.99 Å². The molecule has 0 bridgehead atoms. The topological polar surface area (TPSA) is 29.3 Å². The molecule has 0 aliphatic rings. The molecule has 19 heavy (non-hydrogen) atoms. The molecule has 0 saturated heterocycles. The van der Waals surface area contributed by atoms with Crippen LogP contribution in [0.4, 0.5) is 5.69 Å². The van der Waals surface area contributed by atoms with E-state index >= 15 is 0 Å². The van der Waals surface area contributed by atoms with Crippen LogP contribution >= 0.6 is 23.8 Å². The third-order valence-corrected chi connectivity index (χ3v) is 4.13. The maximum Gasteiger partial charge on any atom is 0.104 e. The van der Waals surface area contributed by atoms with Crippen LogP contribution in [0.1, 0.15) is 39.2 Å². The van der Waals surface area contributed by atoms with Crippen LogP contribution in [0.15, 0.2) is 18.2 Å². The molecule has 0 aromatic heterocycles. The molecular formula is C15H23ClN2S. The Morgan fingerprint density at radius 2 is 1.95 bits per heavy atom. The molecule has 1 aromatic carbocycles. The quantitative estimate of drug-likeness (QED) is 0.764. The molecule has 0 aliphatic carbocycles. The van der Waals surface area contributed by atoms with Gasteiger partial charge in [0, 0.05) is 18.7 Å². The summed E-state index contributed by atoms with van der Waals surface area (Å²) in [7, 11) is 0. The van der Waals surface area contributed by atoms with Crippen molar-refractivity contribution < 1.29 is 0 Å². The van der Waals surface area contributed by atoms with Crippen molar-refractivity contribution in [3.63, 3.8) is 0 Å². The monoisotopic (exact) mass is 298 g/mol. The Morgan fingerprint density at radius 3 is 2.37 bits per heavy atom. The van der Waals surface area contributed by atoms with E-state index in [0.717, 1.165) is 29.4 Å². The fraction of sp³-hybridized carbons (Fsp3) is 0.533. The summed E-state index contributed by atoms with van der Waals surface area (Å²) in [5, 5.41) is 0.720. The first kappa shape index (κ1) is 16.3. The normalized spacial score (nSPS) is 10.8. The molecule has 2 N–H and O–H groups in total. The van der Waals surface area contributed by atoms with Crippen LogP contribution in [0.5, 0.6) is 0 Å². The molecule has 0 heterocycles. The van der Waals surface area contributed by atoms with Gasteiger partial charge in [-0.2, -0.15) is 0 Å². The van der Waals surface area contributed by atoms with Crippen LogP contribution in [0, 0.1) is 5.92 Å². The van der Waals surface area contributed by atoms with E-state index in [1.807, 2.05) is 18.2 Å². The zero-order valence-electron chi connectivity index (χ0n) is 11.9. The first-order valence-electron chi connectivity index (χ1n) is 6.87. The number of nitrogens with two attached hydrogens (primary N) is 1. The van der Waals surface area contributed by atoms with Crippen molar-refractivity contribution >= 4 is 34.5 Å². The van der Waals surface area contributed by atoms with Gasteiger partial charge in [0.05, 0.1) is 10.7 Å². The summed E-state index contributed by atoms with van der Waals surface area (Å²) in [4.78, 5) is 2.71. The first-order valence-corrected chi connectivity index (χ1v) is 7.66. The molecule has 1 rings (SSSR count). The molecular weight excluding hydrogens is 276 g/mol. The van der Waals surface area contributed by atoms with E-state index in [1.165, 1.54) is 12.8 Å². The van der Waals surface area contributed by atoms with E-state index in [2.05, 4.69) is 25.7 Å². The molecule has 0 fully saturated rings. The van der Waals surface area contributed by atoms with Crippen molar-refractivity contribution in [3.8, 4) is 0 Å². The van der Waals surface area contributed by atoms with Crippen molar-refractivity contribution in [1.82, 2.24) is 0 Å². The number of anilines is 1. The van der Waals surface area contributed by atoms with Crippen LogP contribution < -0.4 is 10.6 Å². The van der Waals surface area contributed by atoms with Gasteiger partial charge in [0.15, 0.2) is 0 Å². The third kappa shape index (κ3) is 4.36. The largest absolute Gasteiger partial charge is 0.389 e. The molecule has 0 unspecified atom stereocenters. The maximum atomic E-state index is 6.36. The van der Waals surface area contributed by atoms with Gasteiger partial charge in [0.2, 0.25) is 0 Å². The van der Waals surface area contributed by atoms with Gasteiger partial charge >= 0.3 is 0 Å². The van der Waals surface area contributed by atoms with Crippen molar-refractivity contribution in [1.29, 1.82) is 0 Å². The number of nitrogens with zero attached hydrogens (tertiary/aromatic N) is 1. The van der Waals surface area contributed by atoms with Gasteiger partial charge in [-0.05, 0) is 31.0 Å². The van der Waals surface area contributed by atoms with Crippen molar-refractivity contribution in [3.05, 3.63) is 28.8 Å². The van der Waals surface area contributed by atoms with Crippen LogP contribution in [0.3, 0.4) is 0 Å². The molecule has 0 spiro atoms. The van der Waals surface area contributed by atoms with Gasteiger partial charge in [-0.1, -0.05) is 50.5 Å². The number of benzene rings is 1. The predicted octanol–water partition coefficient (Wildman–Crippen LogP) is 4.24. The highest BCUT2D eigenvalue weighted by Crippen LogP contribution is 2.28. The Kier molecular flexibility index (Phi) is 6.59. The highest BCUT2D eigenvalue weighted by Gasteiger charge is 2.14. The van der Waals surface area contributed by atoms with Crippen molar-refractivity contribution in [2.75, 3.05) is 18.0 Å². The molecule has 0 saturated carbocycles. The molecule has 1 aromatic rings.